The third-order valence-corrected chi connectivity index (χ3v) is 3.49. The van der Waals surface area contributed by atoms with E-state index < -0.39 is 5.97 Å². The molecule has 102 valence electrons. The Morgan fingerprint density at radius 3 is 2.39 bits per heavy atom. The Kier molecular flexibility index (Phi) is 4.54. The topological polar surface area (TPSA) is 72.9 Å². The van der Waals surface area contributed by atoms with Gasteiger partial charge in [-0.2, -0.15) is 0 Å². The van der Waals surface area contributed by atoms with E-state index in [9.17, 15) is 9.59 Å². The van der Waals surface area contributed by atoms with Gasteiger partial charge in [-0.05, 0) is 12.8 Å². The highest BCUT2D eigenvalue weighted by Gasteiger charge is 2.24. The first-order valence-corrected chi connectivity index (χ1v) is 6.60. The highest BCUT2D eigenvalue weighted by atomic mass is 16.4. The van der Waals surface area contributed by atoms with E-state index in [1.807, 2.05) is 4.90 Å². The van der Waals surface area contributed by atoms with Crippen LogP contribution in [0.5, 0.6) is 0 Å². The second-order valence-corrected chi connectivity index (χ2v) is 5.02. The number of carbonyl (C=O) groups is 2. The van der Waals surface area contributed by atoms with Crippen molar-refractivity contribution in [1.29, 1.82) is 0 Å². The van der Waals surface area contributed by atoms with Crippen molar-refractivity contribution in [2.75, 3.05) is 39.3 Å². The maximum atomic E-state index is 11.9. The molecule has 6 heteroatoms. The van der Waals surface area contributed by atoms with E-state index in [-0.39, 0.29) is 12.3 Å². The molecule has 6 nitrogen and oxygen atoms in total. The number of hydrogen-bond acceptors (Lipinski definition) is 4. The van der Waals surface area contributed by atoms with Gasteiger partial charge in [-0.1, -0.05) is 0 Å². The summed E-state index contributed by atoms with van der Waals surface area (Å²) < 4.78 is 0. The number of amides is 1. The van der Waals surface area contributed by atoms with Crippen LogP contribution in [0.4, 0.5) is 0 Å². The van der Waals surface area contributed by atoms with Crippen LogP contribution in [0.1, 0.15) is 19.3 Å². The van der Waals surface area contributed by atoms with Crippen molar-refractivity contribution in [2.24, 2.45) is 0 Å². The molecule has 18 heavy (non-hydrogen) atoms. The van der Waals surface area contributed by atoms with Gasteiger partial charge in [0.25, 0.3) is 0 Å². The lowest BCUT2D eigenvalue weighted by Gasteiger charge is -2.34. The monoisotopic (exact) mass is 255 g/mol. The summed E-state index contributed by atoms with van der Waals surface area (Å²) in [6.45, 7) is 4.01. The van der Waals surface area contributed by atoms with Crippen LogP contribution in [0, 0.1) is 0 Å². The highest BCUT2D eigenvalue weighted by Crippen LogP contribution is 2.18. The lowest BCUT2D eigenvalue weighted by molar-refractivity contribution is -0.138. The quantitative estimate of drug-likeness (QED) is 0.660. The molecule has 0 radical (unpaired) electrons. The third-order valence-electron chi connectivity index (χ3n) is 3.49. The van der Waals surface area contributed by atoms with Gasteiger partial charge in [-0.15, -0.1) is 0 Å². The van der Waals surface area contributed by atoms with Crippen molar-refractivity contribution in [1.82, 2.24) is 15.1 Å². The van der Waals surface area contributed by atoms with Gasteiger partial charge in [0.15, 0.2) is 0 Å². The first kappa shape index (κ1) is 13.3. The molecule has 0 aromatic rings. The molecule has 0 atom stereocenters. The average molecular weight is 255 g/mol. The van der Waals surface area contributed by atoms with Crippen molar-refractivity contribution < 1.29 is 14.7 Å². The zero-order valence-electron chi connectivity index (χ0n) is 10.6. The van der Waals surface area contributed by atoms with Crippen LogP contribution in [-0.2, 0) is 9.59 Å². The minimum Gasteiger partial charge on any atom is -0.481 e. The summed E-state index contributed by atoms with van der Waals surface area (Å²) in [5.41, 5.74) is 0. The lowest BCUT2D eigenvalue weighted by atomic mass is 10.3. The smallest absolute Gasteiger partial charge is 0.304 e. The maximum Gasteiger partial charge on any atom is 0.304 e. The number of nitrogens with zero attached hydrogens (tertiary/aromatic N) is 2. The second-order valence-electron chi connectivity index (χ2n) is 5.02. The molecule has 1 aliphatic heterocycles. The molecule has 0 spiro atoms. The van der Waals surface area contributed by atoms with Gasteiger partial charge in [0.05, 0.1) is 13.0 Å². The number of piperazine rings is 1. The zero-order valence-corrected chi connectivity index (χ0v) is 10.6. The molecule has 2 fully saturated rings. The van der Waals surface area contributed by atoms with Gasteiger partial charge in [-0.25, -0.2) is 0 Å². The number of nitrogens with one attached hydrogen (secondary N) is 1. The van der Waals surface area contributed by atoms with Crippen molar-refractivity contribution in [3.63, 3.8) is 0 Å². The Bertz CT molecular complexity index is 310. The summed E-state index contributed by atoms with van der Waals surface area (Å²) >= 11 is 0. The highest BCUT2D eigenvalue weighted by molar-refractivity contribution is 5.78. The molecule has 0 aromatic heterocycles. The predicted octanol–water partition coefficient (Wildman–Crippen LogP) is -0.643. The van der Waals surface area contributed by atoms with E-state index in [2.05, 4.69) is 10.2 Å². The normalized spacial score (nSPS) is 21.0. The first-order chi connectivity index (χ1) is 8.65. The Balaban J connectivity index is 1.62. The van der Waals surface area contributed by atoms with E-state index >= 15 is 0 Å². The Labute approximate surface area is 107 Å². The summed E-state index contributed by atoms with van der Waals surface area (Å²) in [5, 5.41) is 11.8. The summed E-state index contributed by atoms with van der Waals surface area (Å²) in [6.07, 6.45) is 2.56. The average Bonchev–Trinajstić information content (AvgIpc) is 3.18. The molecule has 1 saturated heterocycles. The summed E-state index contributed by atoms with van der Waals surface area (Å²) in [5.74, 6) is -0.595. The summed E-state index contributed by atoms with van der Waals surface area (Å²) in [7, 11) is 0. The minimum absolute atomic E-state index is 0.166. The standard InChI is InChI=1S/C12H21N3O3/c16-11(9-13-10-1-2-10)15-7-5-14(6-8-15)4-3-12(17)18/h10,13H,1-9H2,(H,17,18). The Hall–Kier alpha value is -1.14. The fraction of sp³-hybridized carbons (Fsp3) is 0.833. The van der Waals surface area contributed by atoms with Crippen molar-refractivity contribution in [3.8, 4) is 0 Å². The summed E-state index contributed by atoms with van der Waals surface area (Å²) in [6, 6.07) is 0.561. The molecule has 2 aliphatic rings. The molecule has 1 saturated carbocycles. The van der Waals surface area contributed by atoms with E-state index in [0.29, 0.717) is 32.2 Å². The van der Waals surface area contributed by atoms with Crippen molar-refractivity contribution in [2.45, 2.75) is 25.3 Å². The van der Waals surface area contributed by atoms with Gasteiger partial charge in [0.2, 0.25) is 5.91 Å². The Morgan fingerprint density at radius 1 is 1.17 bits per heavy atom. The van der Waals surface area contributed by atoms with Crippen LogP contribution in [-0.4, -0.2) is 72.1 Å². The second kappa shape index (κ2) is 6.15. The van der Waals surface area contributed by atoms with Crippen LogP contribution >= 0.6 is 0 Å². The van der Waals surface area contributed by atoms with Crippen LogP contribution in [0.25, 0.3) is 0 Å². The van der Waals surface area contributed by atoms with Crippen LogP contribution < -0.4 is 5.32 Å². The fourth-order valence-corrected chi connectivity index (χ4v) is 2.11. The van der Waals surface area contributed by atoms with E-state index in [1.54, 1.807) is 0 Å². The number of rotatable bonds is 6. The molecule has 2 N–H and O–H groups in total. The number of hydrogen-bond donors (Lipinski definition) is 2. The maximum absolute atomic E-state index is 11.9. The van der Waals surface area contributed by atoms with E-state index in [4.69, 9.17) is 5.11 Å². The Morgan fingerprint density at radius 2 is 1.83 bits per heavy atom. The van der Waals surface area contributed by atoms with E-state index in [0.717, 1.165) is 13.1 Å². The molecule has 0 bridgehead atoms. The number of carboxylic acid groups (broad SMARTS) is 1. The lowest BCUT2D eigenvalue weighted by Crippen LogP contribution is -2.51. The van der Waals surface area contributed by atoms with E-state index in [1.165, 1.54) is 12.8 Å². The fourth-order valence-electron chi connectivity index (χ4n) is 2.11. The number of carbonyl (C=O) groups excluding carboxylic acids is 1. The van der Waals surface area contributed by atoms with Gasteiger partial charge >= 0.3 is 5.97 Å². The molecular formula is C12H21N3O3. The molecule has 1 heterocycles. The number of carboxylic acids is 1. The van der Waals surface area contributed by atoms with Crippen molar-refractivity contribution >= 4 is 11.9 Å². The van der Waals surface area contributed by atoms with Gasteiger partial charge in [0.1, 0.15) is 0 Å². The summed E-state index contributed by atoms with van der Waals surface area (Å²) in [4.78, 5) is 26.3. The molecular weight excluding hydrogens is 234 g/mol. The molecule has 0 aromatic carbocycles. The number of aliphatic carboxylic acids is 1. The van der Waals surface area contributed by atoms with Crippen LogP contribution in [0.15, 0.2) is 0 Å². The minimum atomic E-state index is -0.762. The van der Waals surface area contributed by atoms with Gasteiger partial charge in [-0.3, -0.25) is 14.5 Å². The SMILES string of the molecule is O=C(O)CCN1CCN(C(=O)CNC2CC2)CC1. The van der Waals surface area contributed by atoms with Crippen LogP contribution in [0.3, 0.4) is 0 Å². The molecule has 1 aliphatic carbocycles. The van der Waals surface area contributed by atoms with Crippen LogP contribution in [0.2, 0.25) is 0 Å². The van der Waals surface area contributed by atoms with Gasteiger partial charge in [0, 0.05) is 38.8 Å². The molecule has 0 unspecified atom stereocenters. The third kappa shape index (κ3) is 4.27. The molecule has 1 amide bonds. The van der Waals surface area contributed by atoms with Crippen molar-refractivity contribution in [3.05, 3.63) is 0 Å². The largest absolute Gasteiger partial charge is 0.481 e. The van der Waals surface area contributed by atoms with Gasteiger partial charge < -0.3 is 15.3 Å². The first-order valence-electron chi connectivity index (χ1n) is 6.60. The zero-order chi connectivity index (χ0) is 13.0. The molecule has 2 rings (SSSR count). The predicted molar refractivity (Wildman–Crippen MR) is 66.3 cm³/mol.